The summed E-state index contributed by atoms with van der Waals surface area (Å²) in [6, 6.07) is 4.62. The highest BCUT2D eigenvalue weighted by molar-refractivity contribution is 5.99. The molecule has 0 radical (unpaired) electrons. The molecule has 9 nitrogen and oxygen atoms in total. The number of rotatable bonds is 5. The Morgan fingerprint density at radius 1 is 1.11 bits per heavy atom. The summed E-state index contributed by atoms with van der Waals surface area (Å²) in [7, 11) is 0. The van der Waals surface area contributed by atoms with Gasteiger partial charge in [-0.15, -0.1) is 10.2 Å². The van der Waals surface area contributed by atoms with Crippen molar-refractivity contribution >= 4 is 17.3 Å². The molecule has 0 saturated carbocycles. The second-order valence-corrected chi connectivity index (χ2v) is 7.34. The molecule has 1 N–H and O–H groups in total. The Hall–Kier alpha value is -2.97. The average molecular weight is 384 g/mol. The van der Waals surface area contributed by atoms with Gasteiger partial charge < -0.3 is 14.8 Å². The molecule has 0 bridgehead atoms. The van der Waals surface area contributed by atoms with Crippen molar-refractivity contribution in [1.82, 2.24) is 19.7 Å². The number of benzene rings is 1. The minimum atomic E-state index is -0.495. The average Bonchev–Trinajstić information content (AvgIpc) is 3.31. The van der Waals surface area contributed by atoms with Gasteiger partial charge in [0.2, 0.25) is 0 Å². The van der Waals surface area contributed by atoms with Crippen molar-refractivity contribution in [3.05, 3.63) is 45.5 Å². The van der Waals surface area contributed by atoms with Crippen molar-refractivity contribution in [1.29, 1.82) is 0 Å². The highest BCUT2D eigenvalue weighted by Crippen LogP contribution is 2.26. The number of nitro groups is 1. The number of nitrogens with one attached hydrogen (secondary N) is 1. The first-order chi connectivity index (χ1) is 13.6. The number of aryl methyl sites for hydroxylation is 1. The monoisotopic (exact) mass is 384 g/mol. The van der Waals surface area contributed by atoms with E-state index in [2.05, 4.69) is 20.1 Å². The molecular formula is C19H24N6O3. The molecule has 148 valence electrons. The van der Waals surface area contributed by atoms with Crippen LogP contribution >= 0.6 is 0 Å². The molecule has 1 fully saturated rings. The van der Waals surface area contributed by atoms with Crippen LogP contribution in [0.4, 0.5) is 11.4 Å². The lowest BCUT2D eigenvalue weighted by atomic mass is 10.1. The maximum Gasteiger partial charge on any atom is 0.282 e. The fraction of sp³-hybridized carbons (Fsp3) is 0.526. The summed E-state index contributed by atoms with van der Waals surface area (Å²) in [5, 5.41) is 23.2. The third kappa shape index (κ3) is 3.69. The molecule has 1 saturated heterocycles. The number of hydrogen-bond donors (Lipinski definition) is 1. The smallest absolute Gasteiger partial charge is 0.282 e. The van der Waals surface area contributed by atoms with E-state index >= 15 is 0 Å². The molecule has 1 aromatic heterocycles. The van der Waals surface area contributed by atoms with Crippen LogP contribution in [0.25, 0.3) is 0 Å². The van der Waals surface area contributed by atoms with Gasteiger partial charge >= 0.3 is 0 Å². The number of anilines is 1. The fourth-order valence-electron chi connectivity index (χ4n) is 3.92. The topological polar surface area (TPSA) is 106 Å². The van der Waals surface area contributed by atoms with Crippen LogP contribution in [0.3, 0.4) is 0 Å². The number of fused-ring (bicyclic) bond motifs is 1. The second kappa shape index (κ2) is 7.95. The standard InChI is InChI=1S/C19H24N6O3/c26-19(23-9-4-5-10-23)15-12-14(7-8-16(15)25(27)28)20-13-18-22-21-17-6-2-1-3-11-24(17)18/h7-8,12,20H,1-6,9-11,13H2. The summed E-state index contributed by atoms with van der Waals surface area (Å²) in [6.45, 7) is 2.68. The SMILES string of the molecule is O=C(c1cc(NCc2nnc3n2CCCCC3)ccc1[N+](=O)[O-])N1CCCC1. The van der Waals surface area contributed by atoms with Gasteiger partial charge in [-0.05, 0) is 37.8 Å². The van der Waals surface area contributed by atoms with Crippen molar-refractivity contribution in [2.45, 2.75) is 51.6 Å². The zero-order valence-electron chi connectivity index (χ0n) is 15.8. The number of carbonyl (C=O) groups excluding carboxylic acids is 1. The van der Waals surface area contributed by atoms with Gasteiger partial charge in [-0.2, -0.15) is 0 Å². The Labute approximate surface area is 162 Å². The first kappa shape index (κ1) is 18.4. The van der Waals surface area contributed by atoms with E-state index in [-0.39, 0.29) is 17.2 Å². The second-order valence-electron chi connectivity index (χ2n) is 7.34. The molecule has 0 spiro atoms. The molecule has 3 heterocycles. The van der Waals surface area contributed by atoms with E-state index in [4.69, 9.17) is 0 Å². The van der Waals surface area contributed by atoms with Crippen molar-refractivity contribution < 1.29 is 9.72 Å². The molecular weight excluding hydrogens is 360 g/mol. The normalized spacial score (nSPS) is 16.5. The predicted molar refractivity (Wildman–Crippen MR) is 103 cm³/mol. The molecule has 0 aliphatic carbocycles. The largest absolute Gasteiger partial charge is 0.378 e. The van der Waals surface area contributed by atoms with Crippen molar-refractivity contribution in [3.8, 4) is 0 Å². The Morgan fingerprint density at radius 3 is 2.68 bits per heavy atom. The quantitative estimate of drug-likeness (QED) is 0.627. The molecule has 2 aliphatic rings. The summed E-state index contributed by atoms with van der Waals surface area (Å²) in [5.74, 6) is 1.59. The Kier molecular flexibility index (Phi) is 5.23. The van der Waals surface area contributed by atoms with Crippen LogP contribution in [0.1, 0.15) is 54.1 Å². The van der Waals surface area contributed by atoms with Gasteiger partial charge in [0.25, 0.3) is 11.6 Å². The first-order valence-electron chi connectivity index (χ1n) is 9.86. The maximum absolute atomic E-state index is 12.8. The predicted octanol–water partition coefficient (Wildman–Crippen LogP) is 2.76. The van der Waals surface area contributed by atoms with Crippen LogP contribution in [0.2, 0.25) is 0 Å². The number of likely N-dealkylation sites (tertiary alicyclic amines) is 1. The van der Waals surface area contributed by atoms with E-state index in [0.29, 0.717) is 25.3 Å². The van der Waals surface area contributed by atoms with Gasteiger partial charge in [0.15, 0.2) is 5.82 Å². The summed E-state index contributed by atoms with van der Waals surface area (Å²) < 4.78 is 2.15. The Morgan fingerprint density at radius 2 is 1.89 bits per heavy atom. The van der Waals surface area contributed by atoms with Crippen molar-refractivity contribution in [2.75, 3.05) is 18.4 Å². The molecule has 2 aliphatic heterocycles. The third-order valence-electron chi connectivity index (χ3n) is 5.45. The third-order valence-corrected chi connectivity index (χ3v) is 5.45. The molecule has 4 rings (SSSR count). The van der Waals surface area contributed by atoms with E-state index in [1.165, 1.54) is 12.5 Å². The van der Waals surface area contributed by atoms with Gasteiger partial charge in [0.05, 0.1) is 11.5 Å². The lowest BCUT2D eigenvalue weighted by Crippen LogP contribution is -2.28. The van der Waals surface area contributed by atoms with Crippen molar-refractivity contribution in [2.24, 2.45) is 0 Å². The number of nitro benzene ring substituents is 1. The molecule has 28 heavy (non-hydrogen) atoms. The van der Waals surface area contributed by atoms with Gasteiger partial charge in [-0.3, -0.25) is 14.9 Å². The fourth-order valence-corrected chi connectivity index (χ4v) is 3.92. The molecule has 2 aromatic rings. The van der Waals surface area contributed by atoms with Crippen LogP contribution in [-0.2, 0) is 19.5 Å². The molecule has 9 heteroatoms. The minimum absolute atomic E-state index is 0.136. The minimum Gasteiger partial charge on any atom is -0.378 e. The van der Waals surface area contributed by atoms with Gasteiger partial charge in [-0.25, -0.2) is 0 Å². The van der Waals surface area contributed by atoms with Crippen LogP contribution in [0, 0.1) is 10.1 Å². The van der Waals surface area contributed by atoms with Gasteiger partial charge in [0, 0.05) is 37.8 Å². The highest BCUT2D eigenvalue weighted by Gasteiger charge is 2.27. The lowest BCUT2D eigenvalue weighted by molar-refractivity contribution is -0.385. The van der Waals surface area contributed by atoms with Gasteiger partial charge in [0.1, 0.15) is 11.4 Å². The van der Waals surface area contributed by atoms with E-state index < -0.39 is 4.92 Å². The lowest BCUT2D eigenvalue weighted by Gasteiger charge is -2.16. The zero-order chi connectivity index (χ0) is 19.5. The summed E-state index contributed by atoms with van der Waals surface area (Å²) in [4.78, 5) is 25.3. The summed E-state index contributed by atoms with van der Waals surface area (Å²) in [5.41, 5.74) is 0.648. The first-order valence-corrected chi connectivity index (χ1v) is 9.86. The van der Waals surface area contributed by atoms with Crippen molar-refractivity contribution in [3.63, 3.8) is 0 Å². The van der Waals surface area contributed by atoms with E-state index in [1.54, 1.807) is 17.0 Å². The number of carbonyl (C=O) groups is 1. The molecule has 0 atom stereocenters. The Bertz CT molecular complexity index is 888. The number of nitrogens with zero attached hydrogens (tertiary/aromatic N) is 5. The highest BCUT2D eigenvalue weighted by atomic mass is 16.6. The molecule has 1 aromatic carbocycles. The van der Waals surface area contributed by atoms with E-state index in [0.717, 1.165) is 50.3 Å². The number of aromatic nitrogens is 3. The van der Waals surface area contributed by atoms with Gasteiger partial charge in [-0.1, -0.05) is 6.42 Å². The number of amides is 1. The maximum atomic E-state index is 12.8. The molecule has 0 unspecified atom stereocenters. The van der Waals surface area contributed by atoms with Crippen LogP contribution in [0.15, 0.2) is 18.2 Å². The molecule has 1 amide bonds. The van der Waals surface area contributed by atoms with E-state index in [9.17, 15) is 14.9 Å². The number of hydrogen-bond acceptors (Lipinski definition) is 6. The Balaban J connectivity index is 1.54. The van der Waals surface area contributed by atoms with Crippen LogP contribution < -0.4 is 5.32 Å². The summed E-state index contributed by atoms with van der Waals surface area (Å²) in [6.07, 6.45) is 6.27. The van der Waals surface area contributed by atoms with Crippen LogP contribution in [-0.4, -0.2) is 43.6 Å². The zero-order valence-corrected chi connectivity index (χ0v) is 15.8. The van der Waals surface area contributed by atoms with Crippen LogP contribution in [0.5, 0.6) is 0 Å². The summed E-state index contributed by atoms with van der Waals surface area (Å²) >= 11 is 0. The van der Waals surface area contributed by atoms with E-state index in [1.807, 2.05) is 0 Å².